The topological polar surface area (TPSA) is 71.3 Å². The van der Waals surface area contributed by atoms with Gasteiger partial charge < -0.3 is 9.32 Å². The zero-order chi connectivity index (χ0) is 16.5. The molecule has 0 aliphatic heterocycles. The minimum atomic E-state index is -0.106. The molecule has 0 spiro atoms. The van der Waals surface area contributed by atoms with Gasteiger partial charge in [-0.15, -0.1) is 5.10 Å². The molecule has 1 aromatic heterocycles. The molecule has 0 bridgehead atoms. The molecule has 1 aromatic carbocycles. The Kier molecular flexibility index (Phi) is 6.75. The van der Waals surface area contributed by atoms with Gasteiger partial charge in [0.05, 0.1) is 0 Å². The Morgan fingerprint density at radius 3 is 2.43 bits per heavy atom. The van der Waals surface area contributed by atoms with Gasteiger partial charge >= 0.3 is 6.01 Å². The van der Waals surface area contributed by atoms with Crippen LogP contribution in [0.5, 0.6) is 0 Å². The lowest BCUT2D eigenvalue weighted by molar-refractivity contribution is -0.116. The zero-order valence-corrected chi connectivity index (χ0v) is 13.8. The van der Waals surface area contributed by atoms with Crippen LogP contribution in [-0.4, -0.2) is 40.6 Å². The lowest BCUT2D eigenvalue weighted by Crippen LogP contribution is -2.29. The van der Waals surface area contributed by atoms with Crippen LogP contribution in [0.1, 0.15) is 33.1 Å². The van der Waals surface area contributed by atoms with E-state index in [0.717, 1.165) is 38.0 Å². The summed E-state index contributed by atoms with van der Waals surface area (Å²) in [7, 11) is 0. The standard InChI is InChI=1S/C17H24N4O2/c1-3-11-21(12-4-2)13-10-15(22)18-17-20-19-16(23-17)14-8-6-5-7-9-14/h5-9H,3-4,10-13H2,1-2H3,(H,18,20,22). The third-order valence-electron chi connectivity index (χ3n) is 3.43. The maximum atomic E-state index is 12.0. The summed E-state index contributed by atoms with van der Waals surface area (Å²) in [6.45, 7) is 7.06. The molecule has 0 saturated carbocycles. The van der Waals surface area contributed by atoms with Gasteiger partial charge in [0.2, 0.25) is 11.8 Å². The second-order valence-corrected chi connectivity index (χ2v) is 5.42. The van der Waals surface area contributed by atoms with Crippen molar-refractivity contribution in [1.29, 1.82) is 0 Å². The largest absolute Gasteiger partial charge is 0.403 e. The van der Waals surface area contributed by atoms with Crippen LogP contribution >= 0.6 is 0 Å². The van der Waals surface area contributed by atoms with Crippen LogP contribution in [0.2, 0.25) is 0 Å². The number of nitrogens with zero attached hydrogens (tertiary/aromatic N) is 3. The molecule has 2 rings (SSSR count). The predicted octanol–water partition coefficient (Wildman–Crippen LogP) is 3.19. The SMILES string of the molecule is CCCN(CCC)CCC(=O)Nc1nnc(-c2ccccc2)o1. The first-order valence-corrected chi connectivity index (χ1v) is 8.14. The summed E-state index contributed by atoms with van der Waals surface area (Å²) >= 11 is 0. The van der Waals surface area contributed by atoms with Gasteiger partial charge in [-0.25, -0.2) is 0 Å². The number of benzene rings is 1. The Hall–Kier alpha value is -2.21. The van der Waals surface area contributed by atoms with E-state index in [1.165, 1.54) is 0 Å². The lowest BCUT2D eigenvalue weighted by Gasteiger charge is -2.20. The molecule has 0 atom stereocenters. The van der Waals surface area contributed by atoms with Gasteiger partial charge in [0.1, 0.15) is 0 Å². The van der Waals surface area contributed by atoms with Crippen molar-refractivity contribution >= 4 is 11.9 Å². The van der Waals surface area contributed by atoms with Crippen LogP contribution < -0.4 is 5.32 Å². The van der Waals surface area contributed by atoms with Gasteiger partial charge in [-0.05, 0) is 38.1 Å². The van der Waals surface area contributed by atoms with E-state index in [1.807, 2.05) is 30.3 Å². The summed E-state index contributed by atoms with van der Waals surface area (Å²) in [5, 5.41) is 10.5. The van der Waals surface area contributed by atoms with E-state index in [1.54, 1.807) is 0 Å². The number of amides is 1. The molecule has 0 fully saturated rings. The van der Waals surface area contributed by atoms with Crippen LogP contribution in [0, 0.1) is 0 Å². The van der Waals surface area contributed by atoms with Crippen LogP contribution in [0.15, 0.2) is 34.7 Å². The summed E-state index contributed by atoms with van der Waals surface area (Å²) in [6, 6.07) is 9.62. The fourth-order valence-electron chi connectivity index (χ4n) is 2.38. The third kappa shape index (κ3) is 5.49. The Bertz CT molecular complexity index is 592. The Morgan fingerprint density at radius 2 is 1.78 bits per heavy atom. The quantitative estimate of drug-likeness (QED) is 0.769. The van der Waals surface area contributed by atoms with Crippen molar-refractivity contribution in [2.75, 3.05) is 25.0 Å². The maximum absolute atomic E-state index is 12.0. The van der Waals surface area contributed by atoms with E-state index in [-0.39, 0.29) is 11.9 Å². The van der Waals surface area contributed by atoms with Crippen molar-refractivity contribution < 1.29 is 9.21 Å². The number of carbonyl (C=O) groups excluding carboxylic acids is 1. The van der Waals surface area contributed by atoms with Gasteiger partial charge in [-0.3, -0.25) is 10.1 Å². The number of anilines is 1. The molecule has 0 unspecified atom stereocenters. The molecule has 124 valence electrons. The van der Waals surface area contributed by atoms with E-state index >= 15 is 0 Å². The predicted molar refractivity (Wildman–Crippen MR) is 90.0 cm³/mol. The van der Waals surface area contributed by atoms with E-state index in [0.29, 0.717) is 12.3 Å². The average molecular weight is 316 g/mol. The molecular formula is C17H24N4O2. The Balaban J connectivity index is 1.85. The van der Waals surface area contributed by atoms with Crippen molar-refractivity contribution in [1.82, 2.24) is 15.1 Å². The molecule has 1 N–H and O–H groups in total. The molecule has 0 radical (unpaired) electrons. The second kappa shape index (κ2) is 9.05. The fraction of sp³-hybridized carbons (Fsp3) is 0.471. The third-order valence-corrected chi connectivity index (χ3v) is 3.43. The molecule has 23 heavy (non-hydrogen) atoms. The molecule has 1 heterocycles. The molecule has 1 amide bonds. The summed E-state index contributed by atoms with van der Waals surface area (Å²) in [4.78, 5) is 14.3. The second-order valence-electron chi connectivity index (χ2n) is 5.42. The van der Waals surface area contributed by atoms with Crippen LogP contribution in [0.3, 0.4) is 0 Å². The molecule has 6 heteroatoms. The van der Waals surface area contributed by atoms with Gasteiger partial charge in [-0.1, -0.05) is 37.1 Å². The molecular weight excluding hydrogens is 292 g/mol. The fourth-order valence-corrected chi connectivity index (χ4v) is 2.38. The van der Waals surface area contributed by atoms with Crippen LogP contribution in [-0.2, 0) is 4.79 Å². The highest BCUT2D eigenvalue weighted by atomic mass is 16.4. The van der Waals surface area contributed by atoms with E-state index < -0.39 is 0 Å². The van der Waals surface area contributed by atoms with Crippen molar-refractivity contribution in [3.8, 4) is 11.5 Å². The number of hydrogen-bond donors (Lipinski definition) is 1. The summed E-state index contributed by atoms with van der Waals surface area (Å²) in [5.74, 6) is 0.296. The van der Waals surface area contributed by atoms with E-state index in [2.05, 4.69) is 34.3 Å². The Labute approximate surface area is 136 Å². The number of hydrogen-bond acceptors (Lipinski definition) is 5. The highest BCUT2D eigenvalue weighted by Crippen LogP contribution is 2.19. The Morgan fingerprint density at radius 1 is 1.09 bits per heavy atom. The summed E-state index contributed by atoms with van der Waals surface area (Å²) in [5.41, 5.74) is 0.831. The van der Waals surface area contributed by atoms with Gasteiger partial charge in [-0.2, -0.15) is 0 Å². The zero-order valence-electron chi connectivity index (χ0n) is 13.8. The van der Waals surface area contributed by atoms with Crippen LogP contribution in [0.25, 0.3) is 11.5 Å². The first kappa shape index (κ1) is 17.1. The summed E-state index contributed by atoms with van der Waals surface area (Å²) < 4.78 is 5.47. The van der Waals surface area contributed by atoms with Crippen LogP contribution in [0.4, 0.5) is 6.01 Å². The maximum Gasteiger partial charge on any atom is 0.322 e. The molecule has 0 aliphatic rings. The highest BCUT2D eigenvalue weighted by Gasteiger charge is 2.12. The molecule has 6 nitrogen and oxygen atoms in total. The van der Waals surface area contributed by atoms with Crippen molar-refractivity contribution in [3.05, 3.63) is 30.3 Å². The smallest absolute Gasteiger partial charge is 0.322 e. The normalized spacial score (nSPS) is 10.9. The van der Waals surface area contributed by atoms with Gasteiger partial charge in [0.15, 0.2) is 0 Å². The number of aromatic nitrogens is 2. The first-order chi connectivity index (χ1) is 11.2. The monoisotopic (exact) mass is 316 g/mol. The number of carbonyl (C=O) groups is 1. The lowest BCUT2D eigenvalue weighted by atomic mass is 10.2. The average Bonchev–Trinajstić information content (AvgIpc) is 3.02. The van der Waals surface area contributed by atoms with Crippen molar-refractivity contribution in [2.45, 2.75) is 33.1 Å². The van der Waals surface area contributed by atoms with Crippen molar-refractivity contribution in [2.24, 2.45) is 0 Å². The van der Waals surface area contributed by atoms with Crippen molar-refractivity contribution in [3.63, 3.8) is 0 Å². The number of nitrogens with one attached hydrogen (secondary N) is 1. The first-order valence-electron chi connectivity index (χ1n) is 8.14. The highest BCUT2D eigenvalue weighted by molar-refractivity contribution is 5.88. The minimum absolute atomic E-state index is 0.106. The van der Waals surface area contributed by atoms with E-state index in [9.17, 15) is 4.79 Å². The number of rotatable bonds is 9. The van der Waals surface area contributed by atoms with Gasteiger partial charge in [0.25, 0.3) is 0 Å². The molecule has 0 saturated heterocycles. The molecule has 2 aromatic rings. The molecule has 0 aliphatic carbocycles. The minimum Gasteiger partial charge on any atom is -0.403 e. The summed E-state index contributed by atoms with van der Waals surface area (Å²) in [6.07, 6.45) is 2.60. The van der Waals surface area contributed by atoms with E-state index in [4.69, 9.17) is 4.42 Å². The van der Waals surface area contributed by atoms with Gasteiger partial charge in [0, 0.05) is 18.5 Å².